The van der Waals surface area contributed by atoms with Gasteiger partial charge in [0.05, 0.1) is 18.9 Å². The van der Waals surface area contributed by atoms with E-state index in [4.69, 9.17) is 5.11 Å². The zero-order chi connectivity index (χ0) is 10.6. The molecule has 1 rings (SSSR count). The lowest BCUT2D eigenvalue weighted by molar-refractivity contribution is 0.266. The molecule has 0 unspecified atom stereocenters. The molecular formula is C8H10NO4P. The number of nitrogens with zero attached hydrogens (tertiary/aromatic N) is 1. The van der Waals surface area contributed by atoms with Crippen molar-refractivity contribution in [2.45, 2.75) is 20.1 Å². The van der Waals surface area contributed by atoms with E-state index in [1.807, 2.05) is 0 Å². The Morgan fingerprint density at radius 2 is 2.36 bits per heavy atom. The van der Waals surface area contributed by atoms with Crippen LogP contribution >= 0.6 is 8.69 Å². The Labute approximate surface area is 82.7 Å². The van der Waals surface area contributed by atoms with Crippen LogP contribution in [-0.2, 0) is 22.3 Å². The number of hydrogen-bond acceptors (Lipinski definition) is 5. The summed E-state index contributed by atoms with van der Waals surface area (Å²) in [4.78, 5) is 3.89. The summed E-state index contributed by atoms with van der Waals surface area (Å²) in [6, 6.07) is 0. The molecule has 0 saturated carbocycles. The predicted molar refractivity (Wildman–Crippen MR) is 49.0 cm³/mol. The molecule has 1 aromatic rings. The fourth-order valence-electron chi connectivity index (χ4n) is 1.08. The summed E-state index contributed by atoms with van der Waals surface area (Å²) in [5.74, 6) is -0.0452. The maximum atomic E-state index is 10.1. The fourth-order valence-corrected chi connectivity index (χ4v) is 1.27. The molecule has 2 N–H and O–H groups in total. The van der Waals surface area contributed by atoms with E-state index in [9.17, 15) is 9.67 Å². The summed E-state index contributed by atoms with van der Waals surface area (Å²) >= 11 is 0. The molecule has 14 heavy (non-hydrogen) atoms. The highest BCUT2D eigenvalue weighted by Crippen LogP contribution is 2.24. The summed E-state index contributed by atoms with van der Waals surface area (Å²) in [6.45, 7) is 1.37. The second-order valence-corrected chi connectivity index (χ2v) is 3.11. The quantitative estimate of drug-likeness (QED) is 0.740. The minimum Gasteiger partial charge on any atom is -0.506 e. The van der Waals surface area contributed by atoms with Crippen LogP contribution in [-0.4, -0.2) is 15.2 Å². The Morgan fingerprint density at radius 3 is 2.93 bits per heavy atom. The average molecular weight is 215 g/mol. The van der Waals surface area contributed by atoms with E-state index in [2.05, 4.69) is 9.51 Å². The van der Waals surface area contributed by atoms with Crippen molar-refractivity contribution in [3.05, 3.63) is 23.0 Å². The van der Waals surface area contributed by atoms with Gasteiger partial charge in [0.15, 0.2) is 0 Å². The molecule has 0 amide bonds. The van der Waals surface area contributed by atoms with Crippen molar-refractivity contribution >= 4 is 8.69 Å². The van der Waals surface area contributed by atoms with Crippen LogP contribution in [0.15, 0.2) is 6.20 Å². The number of hydrogen-bond donors (Lipinski definition) is 2. The molecule has 0 bridgehead atoms. The monoisotopic (exact) mass is 215 g/mol. The maximum absolute atomic E-state index is 10.1. The Hall–Kier alpha value is -1.03. The Bertz CT molecular complexity index is 342. The second kappa shape index (κ2) is 5.00. The van der Waals surface area contributed by atoms with Gasteiger partial charge in [0.25, 0.3) is 0 Å². The van der Waals surface area contributed by atoms with Crippen LogP contribution in [0.1, 0.15) is 16.8 Å². The van der Waals surface area contributed by atoms with E-state index in [0.717, 1.165) is 0 Å². The first-order valence-electron chi connectivity index (χ1n) is 3.92. The molecular weight excluding hydrogens is 205 g/mol. The fraction of sp³-hybridized carbons (Fsp3) is 0.375. The van der Waals surface area contributed by atoms with Gasteiger partial charge in [0.1, 0.15) is 5.75 Å². The van der Waals surface area contributed by atoms with Gasteiger partial charge in [-0.2, -0.15) is 0 Å². The lowest BCUT2D eigenvalue weighted by Crippen LogP contribution is -1.98. The Morgan fingerprint density at radius 1 is 1.64 bits per heavy atom. The Kier molecular flexibility index (Phi) is 3.95. The number of rotatable bonds is 4. The van der Waals surface area contributed by atoms with Crippen molar-refractivity contribution in [3.63, 3.8) is 0 Å². The lowest BCUT2D eigenvalue weighted by atomic mass is 10.1. The normalized spacial score (nSPS) is 10.7. The predicted octanol–water partition coefficient (Wildman–Crippen LogP) is 1.31. The third-order valence-corrected chi connectivity index (χ3v) is 2.10. The van der Waals surface area contributed by atoms with Crippen LogP contribution in [0.2, 0.25) is 0 Å². The zero-order valence-corrected chi connectivity index (χ0v) is 8.49. The molecule has 76 valence electrons. The van der Waals surface area contributed by atoms with Crippen molar-refractivity contribution in [1.82, 2.24) is 4.98 Å². The van der Waals surface area contributed by atoms with Crippen molar-refractivity contribution in [3.8, 4) is 5.75 Å². The smallest absolute Gasteiger partial charge is 0.327 e. The van der Waals surface area contributed by atoms with Gasteiger partial charge < -0.3 is 10.2 Å². The first kappa shape index (κ1) is 11.0. The van der Waals surface area contributed by atoms with Gasteiger partial charge >= 0.3 is 8.69 Å². The van der Waals surface area contributed by atoms with Crippen LogP contribution in [0.5, 0.6) is 5.75 Å². The highest BCUT2D eigenvalue weighted by Gasteiger charge is 2.10. The van der Waals surface area contributed by atoms with E-state index in [0.29, 0.717) is 16.8 Å². The number of aromatic nitrogens is 1. The van der Waals surface area contributed by atoms with E-state index in [-0.39, 0.29) is 19.0 Å². The molecule has 6 heteroatoms. The summed E-state index contributed by atoms with van der Waals surface area (Å²) in [6.07, 6.45) is 1.48. The third kappa shape index (κ3) is 2.26. The second-order valence-electron chi connectivity index (χ2n) is 2.70. The van der Waals surface area contributed by atoms with E-state index < -0.39 is 8.69 Å². The third-order valence-electron chi connectivity index (χ3n) is 1.86. The SMILES string of the molecule is Cc1ncc(COP=O)c(CO)c1O. The standard InChI is InChI=1S/C8H10NO4P/c1-5-8(11)7(3-10)6(2-9-5)4-13-14-12/h2,10-11H,3-4H2,1H3. The van der Waals surface area contributed by atoms with Crippen LogP contribution in [0, 0.1) is 6.92 Å². The molecule has 0 aromatic carbocycles. The van der Waals surface area contributed by atoms with Crippen molar-refractivity contribution < 1.29 is 19.3 Å². The molecule has 5 nitrogen and oxygen atoms in total. The molecule has 0 aliphatic heterocycles. The van der Waals surface area contributed by atoms with E-state index >= 15 is 0 Å². The molecule has 0 aliphatic carbocycles. The van der Waals surface area contributed by atoms with Crippen LogP contribution in [0.3, 0.4) is 0 Å². The lowest BCUT2D eigenvalue weighted by Gasteiger charge is -2.08. The molecule has 0 fully saturated rings. The zero-order valence-electron chi connectivity index (χ0n) is 7.60. The van der Waals surface area contributed by atoms with Gasteiger partial charge in [-0.15, -0.1) is 0 Å². The van der Waals surface area contributed by atoms with Gasteiger partial charge in [-0.05, 0) is 6.92 Å². The van der Waals surface area contributed by atoms with Crippen molar-refractivity contribution in [2.75, 3.05) is 0 Å². The largest absolute Gasteiger partial charge is 0.506 e. The molecule has 0 atom stereocenters. The molecule has 1 aromatic heterocycles. The van der Waals surface area contributed by atoms with Crippen LogP contribution in [0.4, 0.5) is 0 Å². The van der Waals surface area contributed by atoms with Crippen molar-refractivity contribution in [1.29, 1.82) is 0 Å². The van der Waals surface area contributed by atoms with Crippen LogP contribution < -0.4 is 0 Å². The number of pyridine rings is 1. The van der Waals surface area contributed by atoms with E-state index in [1.54, 1.807) is 6.92 Å². The molecule has 0 radical (unpaired) electrons. The van der Waals surface area contributed by atoms with Gasteiger partial charge in [-0.1, -0.05) is 0 Å². The van der Waals surface area contributed by atoms with Gasteiger partial charge in [-0.3, -0.25) is 9.51 Å². The minimum absolute atomic E-state index is 0.0434. The topological polar surface area (TPSA) is 79.7 Å². The van der Waals surface area contributed by atoms with Gasteiger partial charge in [-0.25, -0.2) is 4.57 Å². The average Bonchev–Trinajstić information content (AvgIpc) is 2.20. The van der Waals surface area contributed by atoms with Gasteiger partial charge in [0, 0.05) is 17.3 Å². The summed E-state index contributed by atoms with van der Waals surface area (Å²) in [5, 5.41) is 18.5. The summed E-state index contributed by atoms with van der Waals surface area (Å²) in [5.41, 5.74) is 1.33. The first-order valence-corrected chi connectivity index (χ1v) is 4.65. The Balaban J connectivity index is 3.03. The van der Waals surface area contributed by atoms with E-state index in [1.165, 1.54) is 6.20 Å². The molecule has 0 saturated heterocycles. The molecule has 1 heterocycles. The maximum Gasteiger partial charge on any atom is 0.327 e. The highest BCUT2D eigenvalue weighted by atomic mass is 31.1. The highest BCUT2D eigenvalue weighted by molar-refractivity contribution is 7.17. The minimum atomic E-state index is -0.441. The molecule has 0 spiro atoms. The summed E-state index contributed by atoms with van der Waals surface area (Å²) < 4.78 is 14.7. The first-order chi connectivity index (χ1) is 6.70. The number of aliphatic hydroxyl groups excluding tert-OH is 1. The number of aromatic hydroxyl groups is 1. The summed E-state index contributed by atoms with van der Waals surface area (Å²) in [7, 11) is -0.441. The van der Waals surface area contributed by atoms with Crippen molar-refractivity contribution in [2.24, 2.45) is 0 Å². The molecule has 0 aliphatic rings. The number of aryl methyl sites for hydroxylation is 1. The van der Waals surface area contributed by atoms with Crippen LogP contribution in [0.25, 0.3) is 0 Å². The van der Waals surface area contributed by atoms with Gasteiger partial charge in [0.2, 0.25) is 0 Å². The number of aliphatic hydroxyl groups is 1.